The van der Waals surface area contributed by atoms with E-state index in [1.54, 1.807) is 60.7 Å². The summed E-state index contributed by atoms with van der Waals surface area (Å²) >= 11 is 1.36. The molecule has 4 rings (SSSR count). The number of benzene rings is 4. The third-order valence-electron chi connectivity index (χ3n) is 6.83. The normalized spacial score (nSPS) is 11.7. The highest BCUT2D eigenvalue weighted by molar-refractivity contribution is 8.00. The fourth-order valence-electron chi connectivity index (χ4n) is 4.66. The Bertz CT molecular complexity index is 1740. The first-order chi connectivity index (χ1) is 22.1. The lowest BCUT2D eigenvalue weighted by Gasteiger charge is -2.15. The maximum Gasteiger partial charge on any atom is 0.272 e. The average molecular weight is 640 g/mol. The maximum atomic E-state index is 13.7. The summed E-state index contributed by atoms with van der Waals surface area (Å²) in [5, 5.41) is 8.18. The molecule has 0 fully saturated rings. The Morgan fingerprint density at radius 1 is 0.717 bits per heavy atom. The van der Waals surface area contributed by atoms with Gasteiger partial charge in [-0.15, -0.1) is 11.8 Å². The van der Waals surface area contributed by atoms with Gasteiger partial charge in [-0.1, -0.05) is 30.3 Å². The third kappa shape index (κ3) is 8.92. The number of aryl methyl sites for hydroxylation is 2. The van der Waals surface area contributed by atoms with Crippen molar-refractivity contribution < 1.29 is 28.6 Å². The van der Waals surface area contributed by atoms with E-state index in [4.69, 9.17) is 14.2 Å². The first-order valence-electron chi connectivity index (χ1n) is 14.5. The van der Waals surface area contributed by atoms with Gasteiger partial charge in [-0.3, -0.25) is 14.4 Å². The lowest BCUT2D eigenvalue weighted by molar-refractivity contribution is -0.115. The maximum absolute atomic E-state index is 13.7. The zero-order chi connectivity index (χ0) is 33.2. The minimum atomic E-state index is -0.566. The van der Waals surface area contributed by atoms with Crippen molar-refractivity contribution in [2.45, 2.75) is 30.9 Å². The fraction of sp³-hybridized carbons (Fsp3) is 0.194. The Labute approximate surface area is 273 Å². The standard InChI is InChI=1S/C36H37N3O6S/c1-22-15-23(2)17-28(16-22)38-34(40)24(3)46-29-14-10-13-27(20-29)37-36(42)30(39-35(41)25-11-8-7-9-12-25)18-26-19-32(44-5)33(45-6)21-31(26)43-4/h7-21,24H,1-6H3,(H,37,42)(H,38,40)(H,39,41)/b30-18+. The number of carbonyl (C=O) groups is 3. The molecule has 0 aliphatic rings. The Balaban J connectivity index is 1.57. The van der Waals surface area contributed by atoms with Crippen molar-refractivity contribution in [2.75, 3.05) is 32.0 Å². The van der Waals surface area contributed by atoms with E-state index in [1.165, 1.54) is 39.2 Å². The van der Waals surface area contributed by atoms with Gasteiger partial charge in [0.05, 0.1) is 26.6 Å². The van der Waals surface area contributed by atoms with Crippen LogP contribution < -0.4 is 30.2 Å². The molecular weight excluding hydrogens is 602 g/mol. The monoisotopic (exact) mass is 639 g/mol. The summed E-state index contributed by atoms with van der Waals surface area (Å²) < 4.78 is 16.4. The number of hydrogen-bond acceptors (Lipinski definition) is 7. The molecule has 9 nitrogen and oxygen atoms in total. The summed E-state index contributed by atoms with van der Waals surface area (Å²) in [5.41, 5.74) is 4.20. The Morgan fingerprint density at radius 2 is 1.37 bits per heavy atom. The highest BCUT2D eigenvalue weighted by Crippen LogP contribution is 2.36. The van der Waals surface area contributed by atoms with Crippen molar-refractivity contribution in [2.24, 2.45) is 0 Å². The van der Waals surface area contributed by atoms with Crippen molar-refractivity contribution in [3.05, 3.63) is 113 Å². The number of nitrogens with one attached hydrogen (secondary N) is 3. The van der Waals surface area contributed by atoms with Crippen LogP contribution in [0.4, 0.5) is 11.4 Å². The van der Waals surface area contributed by atoms with Gasteiger partial charge in [-0.25, -0.2) is 0 Å². The predicted octanol–water partition coefficient (Wildman–Crippen LogP) is 6.86. The van der Waals surface area contributed by atoms with E-state index in [0.29, 0.717) is 34.1 Å². The number of carbonyl (C=O) groups excluding carboxylic acids is 3. The zero-order valence-electron chi connectivity index (χ0n) is 26.6. The van der Waals surface area contributed by atoms with Crippen molar-refractivity contribution >= 4 is 46.9 Å². The second kappa shape index (κ2) is 15.7. The molecular formula is C36H37N3O6S. The van der Waals surface area contributed by atoms with Crippen LogP contribution in [0.2, 0.25) is 0 Å². The van der Waals surface area contributed by atoms with Crippen LogP contribution in [0.25, 0.3) is 6.08 Å². The lowest BCUT2D eigenvalue weighted by atomic mass is 10.1. The van der Waals surface area contributed by atoms with Crippen LogP contribution in [0, 0.1) is 13.8 Å². The summed E-state index contributed by atoms with van der Waals surface area (Å²) in [7, 11) is 4.51. The van der Waals surface area contributed by atoms with E-state index < -0.39 is 17.1 Å². The van der Waals surface area contributed by atoms with Crippen LogP contribution in [0.3, 0.4) is 0 Å². The Kier molecular flexibility index (Phi) is 11.5. The third-order valence-corrected chi connectivity index (χ3v) is 7.92. The molecule has 0 spiro atoms. The Morgan fingerprint density at radius 3 is 2.02 bits per heavy atom. The summed E-state index contributed by atoms with van der Waals surface area (Å²) in [6.07, 6.45) is 1.51. The summed E-state index contributed by atoms with van der Waals surface area (Å²) in [4.78, 5) is 40.6. The second-order valence-electron chi connectivity index (χ2n) is 10.4. The molecule has 0 aromatic heterocycles. The molecule has 1 unspecified atom stereocenters. The zero-order valence-corrected chi connectivity index (χ0v) is 27.4. The van der Waals surface area contributed by atoms with Gasteiger partial charge < -0.3 is 30.2 Å². The van der Waals surface area contributed by atoms with E-state index in [9.17, 15) is 14.4 Å². The first-order valence-corrected chi connectivity index (χ1v) is 15.3. The lowest BCUT2D eigenvalue weighted by Crippen LogP contribution is -2.30. The number of thioether (sulfide) groups is 1. The molecule has 0 saturated heterocycles. The van der Waals surface area contributed by atoms with Crippen LogP contribution in [-0.2, 0) is 9.59 Å². The highest BCUT2D eigenvalue weighted by Gasteiger charge is 2.19. The smallest absolute Gasteiger partial charge is 0.272 e. The van der Waals surface area contributed by atoms with Crippen molar-refractivity contribution in [3.63, 3.8) is 0 Å². The molecule has 46 heavy (non-hydrogen) atoms. The quantitative estimate of drug-likeness (QED) is 0.115. The van der Waals surface area contributed by atoms with E-state index >= 15 is 0 Å². The number of anilines is 2. The van der Waals surface area contributed by atoms with Crippen molar-refractivity contribution in [1.82, 2.24) is 5.32 Å². The number of ether oxygens (including phenoxy) is 3. The molecule has 0 saturated carbocycles. The summed E-state index contributed by atoms with van der Waals surface area (Å²) in [6.45, 7) is 5.79. The topological polar surface area (TPSA) is 115 Å². The molecule has 0 radical (unpaired) electrons. The molecule has 4 aromatic carbocycles. The van der Waals surface area contributed by atoms with Crippen LogP contribution >= 0.6 is 11.8 Å². The van der Waals surface area contributed by atoms with Crippen molar-refractivity contribution in [3.8, 4) is 17.2 Å². The van der Waals surface area contributed by atoms with Crippen LogP contribution in [0.1, 0.15) is 34.0 Å². The first kappa shape index (κ1) is 33.7. The van der Waals surface area contributed by atoms with Crippen LogP contribution in [0.5, 0.6) is 17.2 Å². The minimum absolute atomic E-state index is 0.0291. The average Bonchev–Trinajstić information content (AvgIpc) is 3.04. The number of amides is 3. The van der Waals surface area contributed by atoms with Crippen LogP contribution in [-0.4, -0.2) is 44.3 Å². The summed E-state index contributed by atoms with van der Waals surface area (Å²) in [6, 6.07) is 24.9. The van der Waals surface area contributed by atoms with E-state index in [1.807, 2.05) is 45.0 Å². The molecule has 1 atom stereocenters. The highest BCUT2D eigenvalue weighted by atomic mass is 32.2. The molecule has 0 aliphatic heterocycles. The van der Waals surface area contributed by atoms with Crippen LogP contribution in [0.15, 0.2) is 95.5 Å². The SMILES string of the molecule is COc1cc(OC)c(OC)cc1/C=C(/NC(=O)c1ccccc1)C(=O)Nc1cccc(SC(C)C(=O)Nc2cc(C)cc(C)c2)c1. The fourth-order valence-corrected chi connectivity index (χ4v) is 5.58. The molecule has 0 bridgehead atoms. The molecule has 0 heterocycles. The molecule has 10 heteroatoms. The molecule has 4 aromatic rings. The van der Waals surface area contributed by atoms with Gasteiger partial charge in [-0.05, 0) is 86.5 Å². The van der Waals surface area contributed by atoms with Gasteiger partial charge in [0.2, 0.25) is 5.91 Å². The minimum Gasteiger partial charge on any atom is -0.496 e. The molecule has 0 aliphatic carbocycles. The van der Waals surface area contributed by atoms with Gasteiger partial charge in [0.1, 0.15) is 11.4 Å². The molecule has 238 valence electrons. The number of rotatable bonds is 12. The number of methoxy groups -OCH3 is 3. The van der Waals surface area contributed by atoms with Crippen molar-refractivity contribution in [1.29, 1.82) is 0 Å². The molecule has 3 N–H and O–H groups in total. The summed E-state index contributed by atoms with van der Waals surface area (Å²) in [5.74, 6) is 0.106. The second-order valence-corrected chi connectivity index (χ2v) is 11.8. The number of hydrogen-bond donors (Lipinski definition) is 3. The van der Waals surface area contributed by atoms with Gasteiger partial charge in [0, 0.05) is 33.5 Å². The largest absolute Gasteiger partial charge is 0.496 e. The van der Waals surface area contributed by atoms with E-state index in [2.05, 4.69) is 16.0 Å². The predicted molar refractivity (Wildman–Crippen MR) is 183 cm³/mol. The van der Waals surface area contributed by atoms with E-state index in [-0.39, 0.29) is 11.6 Å². The van der Waals surface area contributed by atoms with Gasteiger partial charge in [-0.2, -0.15) is 0 Å². The Hall–Kier alpha value is -5.22. The van der Waals surface area contributed by atoms with E-state index in [0.717, 1.165) is 21.7 Å². The van der Waals surface area contributed by atoms with Gasteiger partial charge in [0.15, 0.2) is 11.5 Å². The van der Waals surface area contributed by atoms with Gasteiger partial charge in [0.25, 0.3) is 11.8 Å². The van der Waals surface area contributed by atoms with Gasteiger partial charge >= 0.3 is 0 Å². The molecule has 3 amide bonds.